The van der Waals surface area contributed by atoms with Gasteiger partial charge in [-0.15, -0.1) is 0 Å². The van der Waals surface area contributed by atoms with Crippen molar-refractivity contribution in [2.24, 2.45) is 0 Å². The van der Waals surface area contributed by atoms with Crippen LogP contribution in [0.15, 0.2) is 18.2 Å². The van der Waals surface area contributed by atoms with Crippen LogP contribution in [0.25, 0.3) is 0 Å². The molecule has 0 spiro atoms. The number of rotatable bonds is 5. The van der Waals surface area contributed by atoms with Crippen LogP contribution in [0, 0.1) is 17.1 Å². The average molecular weight is 287 g/mol. The predicted octanol–water partition coefficient (Wildman–Crippen LogP) is 2.80. The number of nitrogens with zero attached hydrogens (tertiary/aromatic N) is 2. The lowest BCUT2D eigenvalue weighted by Gasteiger charge is -2.36. The van der Waals surface area contributed by atoms with Gasteiger partial charge in [-0.3, -0.25) is 4.90 Å². The maximum absolute atomic E-state index is 14.0. The van der Waals surface area contributed by atoms with Crippen LogP contribution in [-0.4, -0.2) is 30.1 Å². The quantitative estimate of drug-likeness (QED) is 0.905. The number of halogens is 1. The molecule has 112 valence electrons. The van der Waals surface area contributed by atoms with E-state index in [9.17, 15) is 4.39 Å². The summed E-state index contributed by atoms with van der Waals surface area (Å²) < 4.78 is 14.0. The number of nitriles is 1. The van der Waals surface area contributed by atoms with Crippen LogP contribution >= 0.6 is 0 Å². The minimum absolute atomic E-state index is 0.200. The lowest BCUT2D eigenvalue weighted by Crippen LogP contribution is -2.45. The Hall–Kier alpha value is -1.44. The van der Waals surface area contributed by atoms with Gasteiger partial charge in [0, 0.05) is 30.7 Å². The molecule has 1 atom stereocenters. The fraction of sp³-hybridized carbons (Fsp3) is 0.588. The van der Waals surface area contributed by atoms with E-state index >= 15 is 0 Å². The molecule has 3 nitrogen and oxygen atoms in total. The molecule has 2 aliphatic rings. The number of piperidine rings is 1. The van der Waals surface area contributed by atoms with Crippen molar-refractivity contribution in [3.8, 4) is 6.07 Å². The summed E-state index contributed by atoms with van der Waals surface area (Å²) in [7, 11) is 0. The molecule has 1 aliphatic carbocycles. The number of benzene rings is 1. The third-order valence-corrected chi connectivity index (χ3v) is 4.52. The monoisotopic (exact) mass is 287 g/mol. The highest BCUT2D eigenvalue weighted by atomic mass is 19.1. The Morgan fingerprint density at radius 3 is 2.90 bits per heavy atom. The minimum atomic E-state index is -0.200. The van der Waals surface area contributed by atoms with Crippen LogP contribution in [-0.2, 0) is 6.54 Å². The molecule has 0 bridgehead atoms. The average Bonchev–Trinajstić information content (AvgIpc) is 3.33. The summed E-state index contributed by atoms with van der Waals surface area (Å²) in [5.41, 5.74) is 1.18. The third kappa shape index (κ3) is 3.81. The van der Waals surface area contributed by atoms with Crippen LogP contribution < -0.4 is 5.32 Å². The van der Waals surface area contributed by atoms with E-state index in [1.807, 2.05) is 0 Å². The van der Waals surface area contributed by atoms with E-state index in [0.717, 1.165) is 13.1 Å². The molecule has 1 N–H and O–H groups in total. The van der Waals surface area contributed by atoms with Crippen molar-refractivity contribution in [1.82, 2.24) is 10.2 Å². The van der Waals surface area contributed by atoms with Crippen molar-refractivity contribution in [2.75, 3.05) is 13.1 Å². The van der Waals surface area contributed by atoms with Crippen molar-refractivity contribution in [3.05, 3.63) is 35.1 Å². The Kier molecular flexibility index (Phi) is 4.52. The largest absolute Gasteiger partial charge is 0.312 e. The number of hydrogen-bond donors (Lipinski definition) is 1. The Morgan fingerprint density at radius 1 is 1.29 bits per heavy atom. The molecule has 0 amide bonds. The van der Waals surface area contributed by atoms with Gasteiger partial charge >= 0.3 is 0 Å². The van der Waals surface area contributed by atoms with E-state index in [1.54, 1.807) is 12.1 Å². The first kappa shape index (κ1) is 14.5. The molecule has 1 aliphatic heterocycles. The number of nitrogens with one attached hydrogen (secondary N) is 1. The van der Waals surface area contributed by atoms with Crippen molar-refractivity contribution in [1.29, 1.82) is 5.26 Å². The molecular formula is C17H22FN3. The summed E-state index contributed by atoms with van der Waals surface area (Å²) in [4.78, 5) is 2.37. The fourth-order valence-corrected chi connectivity index (χ4v) is 3.07. The second-order valence-corrected chi connectivity index (χ2v) is 6.22. The maximum atomic E-state index is 14.0. The van der Waals surface area contributed by atoms with E-state index in [-0.39, 0.29) is 5.82 Å². The van der Waals surface area contributed by atoms with E-state index in [1.165, 1.54) is 38.2 Å². The van der Waals surface area contributed by atoms with E-state index in [2.05, 4.69) is 16.3 Å². The topological polar surface area (TPSA) is 39.1 Å². The molecule has 0 radical (unpaired) electrons. The highest BCUT2D eigenvalue weighted by Crippen LogP contribution is 2.23. The van der Waals surface area contributed by atoms with Crippen molar-refractivity contribution in [3.63, 3.8) is 0 Å². The van der Waals surface area contributed by atoms with Gasteiger partial charge in [-0.05, 0) is 50.4 Å². The zero-order chi connectivity index (χ0) is 14.7. The van der Waals surface area contributed by atoms with Crippen LogP contribution in [0.5, 0.6) is 0 Å². The van der Waals surface area contributed by atoms with Gasteiger partial charge < -0.3 is 5.32 Å². The summed E-state index contributed by atoms with van der Waals surface area (Å²) in [5, 5.41) is 12.6. The molecule has 2 fully saturated rings. The lowest BCUT2D eigenvalue weighted by atomic mass is 10.0. The third-order valence-electron chi connectivity index (χ3n) is 4.52. The zero-order valence-electron chi connectivity index (χ0n) is 12.3. The van der Waals surface area contributed by atoms with Crippen LogP contribution in [0.4, 0.5) is 4.39 Å². The molecule has 1 aromatic rings. The molecule has 1 saturated carbocycles. The molecule has 1 heterocycles. The molecule has 0 aromatic heterocycles. The molecular weight excluding hydrogens is 265 g/mol. The molecule has 1 unspecified atom stereocenters. The highest BCUT2D eigenvalue weighted by Gasteiger charge is 2.26. The molecule has 21 heavy (non-hydrogen) atoms. The van der Waals surface area contributed by atoms with Crippen molar-refractivity contribution < 1.29 is 4.39 Å². The summed E-state index contributed by atoms with van der Waals surface area (Å²) in [5.74, 6) is -0.200. The molecule has 4 heteroatoms. The van der Waals surface area contributed by atoms with E-state index in [4.69, 9.17) is 5.26 Å². The fourth-order valence-electron chi connectivity index (χ4n) is 3.07. The Balaban J connectivity index is 1.67. The van der Waals surface area contributed by atoms with Crippen LogP contribution in [0.1, 0.15) is 43.2 Å². The predicted molar refractivity (Wildman–Crippen MR) is 80.2 cm³/mol. The van der Waals surface area contributed by atoms with Crippen LogP contribution in [0.2, 0.25) is 0 Å². The lowest BCUT2D eigenvalue weighted by molar-refractivity contribution is 0.135. The van der Waals surface area contributed by atoms with Gasteiger partial charge in [0.1, 0.15) is 5.82 Å². The highest BCUT2D eigenvalue weighted by molar-refractivity contribution is 5.33. The van der Waals surface area contributed by atoms with E-state index < -0.39 is 0 Å². The first-order valence-electron chi connectivity index (χ1n) is 7.92. The van der Waals surface area contributed by atoms with Gasteiger partial charge in [0.15, 0.2) is 0 Å². The van der Waals surface area contributed by atoms with Crippen LogP contribution in [0.3, 0.4) is 0 Å². The van der Waals surface area contributed by atoms with Crippen molar-refractivity contribution in [2.45, 2.75) is 50.7 Å². The van der Waals surface area contributed by atoms with Gasteiger partial charge in [0.25, 0.3) is 0 Å². The molecule has 1 saturated heterocycles. The van der Waals surface area contributed by atoms with Gasteiger partial charge in [-0.2, -0.15) is 5.26 Å². The molecule has 1 aromatic carbocycles. The minimum Gasteiger partial charge on any atom is -0.312 e. The summed E-state index contributed by atoms with van der Waals surface area (Å²) in [6, 6.07) is 7.94. The second-order valence-electron chi connectivity index (χ2n) is 6.22. The Labute approximate surface area is 125 Å². The van der Waals surface area contributed by atoms with Gasteiger partial charge in [-0.1, -0.05) is 6.42 Å². The van der Waals surface area contributed by atoms with Gasteiger partial charge in [0.2, 0.25) is 0 Å². The Morgan fingerprint density at radius 2 is 2.14 bits per heavy atom. The summed E-state index contributed by atoms with van der Waals surface area (Å²) in [6.07, 6.45) is 6.21. The van der Waals surface area contributed by atoms with Gasteiger partial charge in [-0.25, -0.2) is 4.39 Å². The summed E-state index contributed by atoms with van der Waals surface area (Å²) >= 11 is 0. The first-order valence-corrected chi connectivity index (χ1v) is 7.92. The Bertz CT molecular complexity index is 533. The van der Waals surface area contributed by atoms with E-state index in [0.29, 0.717) is 29.8 Å². The first-order chi connectivity index (χ1) is 10.3. The number of hydrogen-bond acceptors (Lipinski definition) is 3. The molecule has 3 rings (SSSR count). The maximum Gasteiger partial charge on any atom is 0.127 e. The van der Waals surface area contributed by atoms with Gasteiger partial charge in [0.05, 0.1) is 11.6 Å². The zero-order valence-corrected chi connectivity index (χ0v) is 12.3. The second kappa shape index (κ2) is 6.55. The van der Waals surface area contributed by atoms with Crippen molar-refractivity contribution >= 4 is 0 Å². The smallest absolute Gasteiger partial charge is 0.127 e. The standard InChI is InChI=1S/C17H22FN3/c18-17-7-4-13(10-19)9-14(17)12-21-8-2-1-3-16(21)11-20-15-5-6-15/h4,7,9,15-16,20H,1-3,5-6,8,11-12H2. The normalized spacial score (nSPS) is 23.0. The summed E-state index contributed by atoms with van der Waals surface area (Å²) in [6.45, 7) is 2.63. The SMILES string of the molecule is N#Cc1ccc(F)c(CN2CCCCC2CNC2CC2)c1. The number of likely N-dealkylation sites (tertiary alicyclic amines) is 1.